The van der Waals surface area contributed by atoms with Crippen LogP contribution in [0.15, 0.2) is 12.1 Å². The van der Waals surface area contributed by atoms with Crippen molar-refractivity contribution in [2.24, 2.45) is 17.8 Å². The summed E-state index contributed by atoms with van der Waals surface area (Å²) in [5, 5.41) is 0. The van der Waals surface area contributed by atoms with E-state index in [1.807, 2.05) is 0 Å². The molecule has 2 saturated carbocycles. The molecule has 0 amide bonds. The molecule has 184 valence electrons. The summed E-state index contributed by atoms with van der Waals surface area (Å²) in [6.07, 6.45) is 22.0. The topological polar surface area (TPSA) is 9.23 Å². The molecule has 3 rings (SSSR count). The lowest BCUT2D eigenvalue weighted by molar-refractivity contribution is 0.155. The van der Waals surface area contributed by atoms with Gasteiger partial charge in [-0.2, -0.15) is 4.39 Å². The number of halogens is 2. The van der Waals surface area contributed by atoms with Gasteiger partial charge in [0, 0.05) is 6.42 Å². The lowest BCUT2D eigenvalue weighted by atomic mass is 9.68. The average Bonchev–Trinajstić information content (AvgIpc) is 2.83. The summed E-state index contributed by atoms with van der Waals surface area (Å²) in [6, 6.07) is 3.38. The zero-order valence-electron chi connectivity index (χ0n) is 20.9. The minimum absolute atomic E-state index is 0.00511. The third kappa shape index (κ3) is 7.21. The molecular weight excluding hydrogens is 414 g/mol. The molecule has 1 atom stereocenters. The van der Waals surface area contributed by atoms with Crippen molar-refractivity contribution >= 4 is 0 Å². The van der Waals surface area contributed by atoms with Gasteiger partial charge in [0.25, 0.3) is 0 Å². The fourth-order valence-electron chi connectivity index (χ4n) is 6.35. The van der Waals surface area contributed by atoms with Crippen molar-refractivity contribution in [3.05, 3.63) is 29.3 Å². The molecule has 0 aromatic heterocycles. The second kappa shape index (κ2) is 13.4. The lowest BCUT2D eigenvalue weighted by Crippen LogP contribution is -2.25. The zero-order valence-corrected chi connectivity index (χ0v) is 20.9. The van der Waals surface area contributed by atoms with Gasteiger partial charge < -0.3 is 4.74 Å². The van der Waals surface area contributed by atoms with Crippen molar-refractivity contribution in [2.75, 3.05) is 0 Å². The summed E-state index contributed by atoms with van der Waals surface area (Å²) >= 11 is 0. The van der Waals surface area contributed by atoms with Crippen LogP contribution in [-0.2, 0) is 0 Å². The van der Waals surface area contributed by atoms with E-state index < -0.39 is 11.6 Å². The maximum absolute atomic E-state index is 15.1. The molecule has 2 aliphatic rings. The van der Waals surface area contributed by atoms with Crippen LogP contribution in [0.25, 0.3) is 0 Å². The number of unbranched alkanes of at least 4 members (excludes halogenated alkanes) is 2. The predicted molar refractivity (Wildman–Crippen MR) is 133 cm³/mol. The highest BCUT2D eigenvalue weighted by Crippen LogP contribution is 2.45. The van der Waals surface area contributed by atoms with Gasteiger partial charge in [-0.25, -0.2) is 4.39 Å². The van der Waals surface area contributed by atoms with E-state index in [4.69, 9.17) is 11.2 Å². The Balaban J connectivity index is 1.55. The first-order chi connectivity index (χ1) is 16.1. The zero-order chi connectivity index (χ0) is 23.6. The van der Waals surface area contributed by atoms with Crippen molar-refractivity contribution in [2.45, 2.75) is 122 Å². The number of hydrogen-bond donors (Lipinski definition) is 0. The van der Waals surface area contributed by atoms with E-state index in [9.17, 15) is 4.39 Å². The molecule has 1 nitrogen and oxygen atoms in total. The summed E-state index contributed by atoms with van der Waals surface area (Å²) in [5.74, 6) is 3.72. The Labute approximate surface area is 201 Å². The molecule has 0 bridgehead atoms. The Morgan fingerprint density at radius 2 is 1.58 bits per heavy atom. The highest BCUT2D eigenvalue weighted by atomic mass is 19.2. The average molecular weight is 459 g/mol. The standard InChI is InChI=1S/C30H44F2O/c1-4-7-8-11-26(10-6-3)33-28-21-20-27(29(31)30(28)32)25-18-16-24(17-19-25)23-14-12-22(9-5-2)13-15-23/h3,20-26H,4-5,7-19H2,1-2H3. The smallest absolute Gasteiger partial charge is 0.200 e. The summed E-state index contributed by atoms with van der Waals surface area (Å²) < 4.78 is 35.8. The maximum Gasteiger partial charge on any atom is 0.200 e. The Kier molecular flexibility index (Phi) is 10.5. The van der Waals surface area contributed by atoms with E-state index >= 15 is 4.39 Å². The molecule has 0 spiro atoms. The van der Waals surface area contributed by atoms with E-state index in [2.05, 4.69) is 19.8 Å². The molecule has 1 aromatic rings. The highest BCUT2D eigenvalue weighted by molar-refractivity contribution is 5.33. The van der Waals surface area contributed by atoms with Crippen LogP contribution in [0.2, 0.25) is 0 Å². The van der Waals surface area contributed by atoms with Gasteiger partial charge in [-0.3, -0.25) is 0 Å². The van der Waals surface area contributed by atoms with E-state index in [0.29, 0.717) is 12.0 Å². The third-order valence-corrected chi connectivity index (χ3v) is 8.31. The van der Waals surface area contributed by atoms with E-state index in [0.717, 1.165) is 69.1 Å². The third-order valence-electron chi connectivity index (χ3n) is 8.31. The van der Waals surface area contributed by atoms with Gasteiger partial charge >= 0.3 is 0 Å². The predicted octanol–water partition coefficient (Wildman–Crippen LogP) is 9.20. The molecule has 0 N–H and O–H groups in total. The van der Waals surface area contributed by atoms with Crippen molar-refractivity contribution in [3.63, 3.8) is 0 Å². The molecule has 0 saturated heterocycles. The molecule has 2 aliphatic carbocycles. The second-order valence-electron chi connectivity index (χ2n) is 10.6. The molecule has 0 radical (unpaired) electrons. The molecule has 33 heavy (non-hydrogen) atoms. The van der Waals surface area contributed by atoms with Crippen molar-refractivity contribution < 1.29 is 13.5 Å². The number of hydrogen-bond acceptors (Lipinski definition) is 1. The minimum atomic E-state index is -0.846. The summed E-state index contributed by atoms with van der Waals surface area (Å²) in [6.45, 7) is 4.42. The molecule has 0 heterocycles. The Hall–Kier alpha value is -1.56. The monoisotopic (exact) mass is 458 g/mol. The SMILES string of the molecule is C#CCC(CCCCC)Oc1ccc(C2CCC(C3CCC(CCC)CC3)CC2)c(F)c1F. The molecule has 1 unspecified atom stereocenters. The van der Waals surface area contributed by atoms with Crippen LogP contribution in [0, 0.1) is 41.7 Å². The highest BCUT2D eigenvalue weighted by Gasteiger charge is 2.32. The van der Waals surface area contributed by atoms with Crippen molar-refractivity contribution in [3.8, 4) is 18.1 Å². The van der Waals surface area contributed by atoms with Crippen LogP contribution in [-0.4, -0.2) is 6.10 Å². The molecule has 3 heteroatoms. The maximum atomic E-state index is 15.1. The molecule has 2 fully saturated rings. The summed E-state index contributed by atoms with van der Waals surface area (Å²) in [4.78, 5) is 0. The van der Waals surface area contributed by atoms with Crippen LogP contribution in [0.4, 0.5) is 8.78 Å². The van der Waals surface area contributed by atoms with Gasteiger partial charge in [-0.1, -0.05) is 58.4 Å². The second-order valence-corrected chi connectivity index (χ2v) is 10.6. The Morgan fingerprint density at radius 1 is 0.909 bits per heavy atom. The van der Waals surface area contributed by atoms with Gasteiger partial charge in [0.05, 0.1) is 0 Å². The van der Waals surface area contributed by atoms with Crippen molar-refractivity contribution in [1.82, 2.24) is 0 Å². The first kappa shape index (κ1) is 26.1. The Morgan fingerprint density at radius 3 is 2.18 bits per heavy atom. The number of ether oxygens (including phenoxy) is 1. The van der Waals surface area contributed by atoms with Gasteiger partial charge in [-0.15, -0.1) is 12.3 Å². The number of rotatable bonds is 11. The number of benzene rings is 1. The first-order valence-corrected chi connectivity index (χ1v) is 13.6. The summed E-state index contributed by atoms with van der Waals surface area (Å²) in [7, 11) is 0. The van der Waals surface area contributed by atoms with E-state index in [1.54, 1.807) is 12.1 Å². The van der Waals surface area contributed by atoms with Gasteiger partial charge in [0.2, 0.25) is 5.82 Å². The van der Waals surface area contributed by atoms with Crippen LogP contribution >= 0.6 is 0 Å². The largest absolute Gasteiger partial charge is 0.486 e. The molecule has 0 aliphatic heterocycles. The van der Waals surface area contributed by atoms with Crippen LogP contribution in [0.1, 0.15) is 122 Å². The van der Waals surface area contributed by atoms with Crippen molar-refractivity contribution in [1.29, 1.82) is 0 Å². The molecule has 1 aromatic carbocycles. The van der Waals surface area contributed by atoms with Gasteiger partial charge in [-0.05, 0) is 86.7 Å². The number of terminal acetylenes is 1. The quantitative estimate of drug-likeness (QED) is 0.237. The summed E-state index contributed by atoms with van der Waals surface area (Å²) in [5.41, 5.74) is 0.532. The van der Waals surface area contributed by atoms with E-state index in [1.165, 1.54) is 38.5 Å². The van der Waals surface area contributed by atoms with Gasteiger partial charge in [0.1, 0.15) is 6.10 Å². The van der Waals surface area contributed by atoms with E-state index in [-0.39, 0.29) is 17.8 Å². The van der Waals surface area contributed by atoms with Crippen LogP contribution in [0.5, 0.6) is 5.75 Å². The Bertz CT molecular complexity index is 751. The fourth-order valence-corrected chi connectivity index (χ4v) is 6.35. The molecular formula is C30H44F2O. The van der Waals surface area contributed by atoms with Gasteiger partial charge in [0.15, 0.2) is 11.6 Å². The van der Waals surface area contributed by atoms with Crippen LogP contribution in [0.3, 0.4) is 0 Å². The lowest BCUT2D eigenvalue weighted by Gasteiger charge is -2.38. The van der Waals surface area contributed by atoms with Crippen LogP contribution < -0.4 is 4.74 Å². The minimum Gasteiger partial charge on any atom is -0.486 e. The first-order valence-electron chi connectivity index (χ1n) is 13.6. The normalized spacial score (nSPS) is 26.5. The fraction of sp³-hybridized carbons (Fsp3) is 0.733.